The van der Waals surface area contributed by atoms with Crippen molar-refractivity contribution in [1.29, 1.82) is 0 Å². The Hall–Kier alpha value is -1.08. The largest absolute Gasteiger partial charge is 0.377 e. The quantitative estimate of drug-likeness (QED) is 0.383. The second-order valence-electron chi connectivity index (χ2n) is 7.07. The summed E-state index contributed by atoms with van der Waals surface area (Å²) in [5.41, 5.74) is 2.79. The maximum atomic E-state index is 5.68. The van der Waals surface area contributed by atoms with Gasteiger partial charge in [-0.2, -0.15) is 0 Å². The van der Waals surface area contributed by atoms with Gasteiger partial charge in [-0.1, -0.05) is 49.8 Å². The van der Waals surface area contributed by atoms with Crippen molar-refractivity contribution in [3.8, 4) is 0 Å². The SMILES string of the molecule is C/C=C\C1CCC(CCc2ccc(COCCCC)cc2)CC1. The maximum absolute atomic E-state index is 5.68. The summed E-state index contributed by atoms with van der Waals surface area (Å²) in [5, 5.41) is 0. The Morgan fingerprint density at radius 2 is 1.74 bits per heavy atom. The molecule has 1 aromatic carbocycles. The first-order chi connectivity index (χ1) is 11.3. The van der Waals surface area contributed by atoms with Crippen LogP contribution in [0.3, 0.4) is 0 Å². The molecule has 0 heterocycles. The number of rotatable bonds is 9. The van der Waals surface area contributed by atoms with Crippen molar-refractivity contribution >= 4 is 0 Å². The number of hydrogen-bond donors (Lipinski definition) is 0. The van der Waals surface area contributed by atoms with Gasteiger partial charge in [-0.25, -0.2) is 0 Å². The van der Waals surface area contributed by atoms with Crippen LogP contribution in [-0.4, -0.2) is 6.61 Å². The summed E-state index contributed by atoms with van der Waals surface area (Å²) >= 11 is 0. The van der Waals surface area contributed by atoms with E-state index in [4.69, 9.17) is 4.74 Å². The topological polar surface area (TPSA) is 9.23 Å². The molecule has 1 aliphatic carbocycles. The molecule has 128 valence electrons. The molecule has 0 saturated heterocycles. The van der Waals surface area contributed by atoms with Gasteiger partial charge in [-0.3, -0.25) is 0 Å². The predicted octanol–water partition coefficient (Wildman–Crippen LogP) is 6.32. The number of unbranched alkanes of at least 4 members (excludes halogenated alkanes) is 1. The molecule has 0 aliphatic heterocycles. The van der Waals surface area contributed by atoms with Crippen LogP contribution in [0.25, 0.3) is 0 Å². The Balaban J connectivity index is 1.66. The van der Waals surface area contributed by atoms with Crippen LogP contribution in [0.15, 0.2) is 36.4 Å². The first-order valence-electron chi connectivity index (χ1n) is 9.60. The summed E-state index contributed by atoms with van der Waals surface area (Å²) < 4.78 is 5.68. The standard InChI is InChI=1S/C22H34O/c1-3-5-17-23-18-22-15-13-21(14-16-22)12-11-20-9-7-19(6-4-2)8-10-20/h4,6,13-16,19-20H,3,5,7-12,17-18H2,1-2H3/b6-4-. The number of hydrogen-bond acceptors (Lipinski definition) is 1. The first-order valence-corrected chi connectivity index (χ1v) is 9.60. The van der Waals surface area contributed by atoms with Crippen molar-refractivity contribution in [3.63, 3.8) is 0 Å². The molecule has 23 heavy (non-hydrogen) atoms. The molecule has 1 aromatic rings. The van der Waals surface area contributed by atoms with Crippen LogP contribution in [0.5, 0.6) is 0 Å². The van der Waals surface area contributed by atoms with Crippen LogP contribution in [0.1, 0.15) is 69.9 Å². The molecule has 1 heteroatoms. The van der Waals surface area contributed by atoms with Gasteiger partial charge in [-0.05, 0) is 74.8 Å². The molecule has 1 aliphatic rings. The normalized spacial score (nSPS) is 21.8. The Kier molecular flexibility index (Phi) is 8.46. The van der Waals surface area contributed by atoms with Gasteiger partial charge < -0.3 is 4.74 Å². The highest BCUT2D eigenvalue weighted by Gasteiger charge is 2.18. The molecule has 0 spiro atoms. The van der Waals surface area contributed by atoms with Crippen LogP contribution < -0.4 is 0 Å². The number of ether oxygens (including phenoxy) is 1. The lowest BCUT2D eigenvalue weighted by atomic mass is 9.79. The summed E-state index contributed by atoms with van der Waals surface area (Å²) in [6.07, 6.45) is 15.2. The fraction of sp³-hybridized carbons (Fsp3) is 0.636. The van der Waals surface area contributed by atoms with E-state index in [-0.39, 0.29) is 0 Å². The molecule has 1 nitrogen and oxygen atoms in total. The number of allylic oxidation sites excluding steroid dienone is 2. The van der Waals surface area contributed by atoms with Crippen LogP contribution in [0.2, 0.25) is 0 Å². The molecule has 2 rings (SSSR count). The molecular formula is C22H34O. The van der Waals surface area contributed by atoms with E-state index in [1.165, 1.54) is 56.1 Å². The zero-order valence-electron chi connectivity index (χ0n) is 15.1. The van der Waals surface area contributed by atoms with Crippen molar-refractivity contribution in [1.82, 2.24) is 0 Å². The Morgan fingerprint density at radius 1 is 1.04 bits per heavy atom. The fourth-order valence-corrected chi connectivity index (χ4v) is 3.55. The van der Waals surface area contributed by atoms with Crippen LogP contribution in [0, 0.1) is 11.8 Å². The Bertz CT molecular complexity index is 438. The van der Waals surface area contributed by atoms with Gasteiger partial charge in [0.25, 0.3) is 0 Å². The Morgan fingerprint density at radius 3 is 2.39 bits per heavy atom. The van der Waals surface area contributed by atoms with Crippen molar-refractivity contribution < 1.29 is 4.74 Å². The number of benzene rings is 1. The van der Waals surface area contributed by atoms with E-state index in [9.17, 15) is 0 Å². The van der Waals surface area contributed by atoms with E-state index in [0.717, 1.165) is 31.5 Å². The second-order valence-corrected chi connectivity index (χ2v) is 7.07. The third kappa shape index (κ3) is 6.91. The van der Waals surface area contributed by atoms with Crippen molar-refractivity contribution in [2.24, 2.45) is 11.8 Å². The molecule has 0 unspecified atom stereocenters. The molecule has 0 bridgehead atoms. The van der Waals surface area contributed by atoms with E-state index in [1.54, 1.807) is 0 Å². The van der Waals surface area contributed by atoms with Gasteiger partial charge in [0, 0.05) is 6.61 Å². The van der Waals surface area contributed by atoms with Gasteiger partial charge in [0.1, 0.15) is 0 Å². The van der Waals surface area contributed by atoms with E-state index >= 15 is 0 Å². The van der Waals surface area contributed by atoms with E-state index in [0.29, 0.717) is 0 Å². The average Bonchev–Trinajstić information content (AvgIpc) is 2.59. The van der Waals surface area contributed by atoms with Crippen LogP contribution >= 0.6 is 0 Å². The van der Waals surface area contributed by atoms with Gasteiger partial charge in [0.15, 0.2) is 0 Å². The molecule has 0 atom stereocenters. The summed E-state index contributed by atoms with van der Waals surface area (Å²) in [6, 6.07) is 9.07. The minimum absolute atomic E-state index is 0.759. The highest BCUT2D eigenvalue weighted by molar-refractivity contribution is 5.22. The third-order valence-electron chi connectivity index (χ3n) is 5.13. The highest BCUT2D eigenvalue weighted by Crippen LogP contribution is 2.32. The molecule has 0 N–H and O–H groups in total. The van der Waals surface area contributed by atoms with Crippen LogP contribution in [-0.2, 0) is 17.8 Å². The Labute approximate surface area is 143 Å². The van der Waals surface area contributed by atoms with Gasteiger partial charge in [0.2, 0.25) is 0 Å². The van der Waals surface area contributed by atoms with Crippen molar-refractivity contribution in [2.45, 2.75) is 71.8 Å². The summed E-state index contributed by atoms with van der Waals surface area (Å²) in [6.45, 7) is 5.99. The zero-order chi connectivity index (χ0) is 16.3. The molecule has 1 fully saturated rings. The second kappa shape index (κ2) is 10.6. The highest BCUT2D eigenvalue weighted by atomic mass is 16.5. The molecule has 1 saturated carbocycles. The molecule has 0 amide bonds. The number of aryl methyl sites for hydroxylation is 1. The third-order valence-corrected chi connectivity index (χ3v) is 5.13. The van der Waals surface area contributed by atoms with E-state index in [2.05, 4.69) is 50.3 Å². The minimum atomic E-state index is 0.759. The fourth-order valence-electron chi connectivity index (χ4n) is 3.55. The summed E-state index contributed by atoms with van der Waals surface area (Å²) in [5.74, 6) is 1.79. The van der Waals surface area contributed by atoms with Crippen LogP contribution in [0.4, 0.5) is 0 Å². The average molecular weight is 315 g/mol. The first kappa shape index (κ1) is 18.3. The smallest absolute Gasteiger partial charge is 0.0716 e. The summed E-state index contributed by atoms with van der Waals surface area (Å²) in [4.78, 5) is 0. The van der Waals surface area contributed by atoms with Crippen molar-refractivity contribution in [3.05, 3.63) is 47.5 Å². The molecule has 0 aromatic heterocycles. The predicted molar refractivity (Wildman–Crippen MR) is 99.6 cm³/mol. The van der Waals surface area contributed by atoms with Gasteiger partial charge in [0.05, 0.1) is 6.61 Å². The lowest BCUT2D eigenvalue weighted by Gasteiger charge is -2.26. The van der Waals surface area contributed by atoms with E-state index in [1.807, 2.05) is 0 Å². The zero-order valence-corrected chi connectivity index (χ0v) is 15.1. The molecule has 0 radical (unpaired) electrons. The molecular weight excluding hydrogens is 280 g/mol. The maximum Gasteiger partial charge on any atom is 0.0716 e. The summed E-state index contributed by atoms with van der Waals surface area (Å²) in [7, 11) is 0. The van der Waals surface area contributed by atoms with Crippen molar-refractivity contribution in [2.75, 3.05) is 6.61 Å². The lowest BCUT2D eigenvalue weighted by molar-refractivity contribution is 0.118. The van der Waals surface area contributed by atoms with Gasteiger partial charge >= 0.3 is 0 Å². The lowest BCUT2D eigenvalue weighted by Crippen LogP contribution is -2.13. The minimum Gasteiger partial charge on any atom is -0.377 e. The monoisotopic (exact) mass is 314 g/mol. The van der Waals surface area contributed by atoms with Gasteiger partial charge in [-0.15, -0.1) is 0 Å². The van der Waals surface area contributed by atoms with E-state index < -0.39 is 0 Å².